The number of nitrogens with two attached hydrogens (primary N) is 1. The Morgan fingerprint density at radius 2 is 1.86 bits per heavy atom. The molecule has 0 fully saturated rings. The van der Waals surface area contributed by atoms with Crippen LogP contribution < -0.4 is 24.8 Å². The number of benzene rings is 2. The second-order valence-electron chi connectivity index (χ2n) is 9.58. The predicted octanol–water partition coefficient (Wildman–Crippen LogP) is 3.98. The highest BCUT2D eigenvalue weighted by Crippen LogP contribution is 2.43. The van der Waals surface area contributed by atoms with E-state index >= 15 is 4.39 Å². The van der Waals surface area contributed by atoms with E-state index in [-0.39, 0.29) is 46.8 Å². The predicted molar refractivity (Wildman–Crippen MR) is 134 cm³/mol. The average Bonchev–Trinajstić information content (AvgIpc) is 2.78. The van der Waals surface area contributed by atoms with Gasteiger partial charge in [0.15, 0.2) is 17.4 Å². The second kappa shape index (κ2) is 9.80. The fourth-order valence-electron chi connectivity index (χ4n) is 4.00. The summed E-state index contributed by atoms with van der Waals surface area (Å²) < 4.78 is 74.3. The van der Waals surface area contributed by atoms with Crippen LogP contribution in [0.1, 0.15) is 33.3 Å². The van der Waals surface area contributed by atoms with E-state index in [2.05, 4.69) is 15.3 Å². The maximum absolute atomic E-state index is 15.2. The minimum absolute atomic E-state index is 0.0297. The van der Waals surface area contributed by atoms with Crippen molar-refractivity contribution >= 4 is 27.5 Å². The van der Waals surface area contributed by atoms with Crippen LogP contribution in [0.3, 0.4) is 0 Å². The Hall–Kier alpha value is -3.42. The van der Waals surface area contributed by atoms with Crippen LogP contribution in [0.4, 0.5) is 30.5 Å². The third-order valence-corrected chi connectivity index (χ3v) is 6.22. The molecule has 0 spiro atoms. The summed E-state index contributed by atoms with van der Waals surface area (Å²) in [6.45, 7) is 7.85. The fraction of sp³-hybridized carbons (Fsp3) is 0.333. The first-order valence-electron chi connectivity index (χ1n) is 11.4. The maximum Gasteiger partial charge on any atom is 0.274 e. The summed E-state index contributed by atoms with van der Waals surface area (Å²) in [7, 11) is -3.98. The fourth-order valence-corrected chi connectivity index (χ4v) is 4.36. The first kappa shape index (κ1) is 26.6. The first-order valence-corrected chi connectivity index (χ1v) is 12.9. The number of halogens is 3. The lowest BCUT2D eigenvalue weighted by molar-refractivity contribution is 0.0967. The number of nitrogens with zero attached hydrogens (tertiary/aromatic N) is 3. The summed E-state index contributed by atoms with van der Waals surface area (Å²) in [5, 5.41) is 7.64. The molecule has 0 saturated carbocycles. The number of rotatable bonds is 7. The molecule has 198 valence electrons. The standard InChI is InChI=1S/C24H27F3N6O3S/c1-13(2)33-12-24(3,4)36-22-18(26)7-15(8-20(22)33)21-19(27)11-29-23(32-21)31-16-6-5-14(17(25)9-16)10-30-37(28,34)35/h5-9,11,13,30H,10,12H2,1-4H3,(H2,28,34,35)(H,29,31,32). The van der Waals surface area contributed by atoms with Crippen molar-refractivity contribution in [1.82, 2.24) is 14.7 Å². The molecular formula is C24H27F3N6O3S. The lowest BCUT2D eigenvalue weighted by atomic mass is 10.0. The normalized spacial score (nSPS) is 14.9. The zero-order chi connectivity index (χ0) is 27.1. The van der Waals surface area contributed by atoms with Crippen molar-refractivity contribution in [3.63, 3.8) is 0 Å². The molecular weight excluding hydrogens is 509 g/mol. The zero-order valence-electron chi connectivity index (χ0n) is 20.6. The van der Waals surface area contributed by atoms with Gasteiger partial charge in [-0.2, -0.15) is 13.1 Å². The summed E-state index contributed by atoms with van der Waals surface area (Å²) in [5.74, 6) is -2.09. The van der Waals surface area contributed by atoms with Crippen molar-refractivity contribution in [3.8, 4) is 17.0 Å². The van der Waals surface area contributed by atoms with Crippen LogP contribution in [0.5, 0.6) is 5.75 Å². The van der Waals surface area contributed by atoms with Crippen LogP contribution in [-0.4, -0.2) is 36.6 Å². The molecule has 4 rings (SSSR count). The van der Waals surface area contributed by atoms with Crippen molar-refractivity contribution in [2.45, 2.75) is 45.9 Å². The van der Waals surface area contributed by atoms with Gasteiger partial charge in [-0.05, 0) is 52.0 Å². The molecule has 2 aromatic carbocycles. The quantitative estimate of drug-likeness (QED) is 0.417. The van der Waals surface area contributed by atoms with Crippen LogP contribution in [0.25, 0.3) is 11.3 Å². The van der Waals surface area contributed by atoms with Crippen LogP contribution >= 0.6 is 0 Å². The third kappa shape index (κ3) is 6.12. The van der Waals surface area contributed by atoms with E-state index in [1.54, 1.807) is 6.07 Å². The van der Waals surface area contributed by atoms with Crippen molar-refractivity contribution < 1.29 is 26.3 Å². The lowest BCUT2D eigenvalue weighted by Gasteiger charge is -2.43. The molecule has 0 amide bonds. The highest BCUT2D eigenvalue weighted by Gasteiger charge is 2.35. The molecule has 37 heavy (non-hydrogen) atoms. The molecule has 3 aromatic rings. The van der Waals surface area contributed by atoms with Gasteiger partial charge in [0.05, 0.1) is 18.4 Å². The molecule has 0 radical (unpaired) electrons. The van der Waals surface area contributed by atoms with Gasteiger partial charge in [0.25, 0.3) is 10.2 Å². The SMILES string of the molecule is CC(C)N1CC(C)(C)Oc2c(F)cc(-c3nc(Nc4ccc(CNS(N)(=O)=O)c(F)c4)ncc3F)cc21. The van der Waals surface area contributed by atoms with Gasteiger partial charge in [-0.15, -0.1) is 0 Å². The molecule has 0 saturated heterocycles. The largest absolute Gasteiger partial charge is 0.481 e. The summed E-state index contributed by atoms with van der Waals surface area (Å²) in [4.78, 5) is 10.1. The average molecular weight is 537 g/mol. The zero-order valence-corrected chi connectivity index (χ0v) is 21.5. The number of hydrogen-bond acceptors (Lipinski definition) is 7. The number of nitrogens with one attached hydrogen (secondary N) is 2. The van der Waals surface area contributed by atoms with Crippen molar-refractivity contribution in [1.29, 1.82) is 0 Å². The molecule has 0 aliphatic carbocycles. The number of ether oxygens (including phenoxy) is 1. The number of aromatic nitrogens is 2. The van der Waals surface area contributed by atoms with Gasteiger partial charge in [-0.1, -0.05) is 6.07 Å². The Balaban J connectivity index is 1.65. The first-order chi connectivity index (χ1) is 17.2. The van der Waals surface area contributed by atoms with Crippen LogP contribution in [0.15, 0.2) is 36.5 Å². The van der Waals surface area contributed by atoms with E-state index in [1.165, 1.54) is 12.1 Å². The molecule has 1 aliphatic rings. The Morgan fingerprint density at radius 1 is 1.14 bits per heavy atom. The molecule has 2 heterocycles. The van der Waals surface area contributed by atoms with Gasteiger partial charge in [-0.25, -0.2) is 28.3 Å². The number of hydrogen-bond donors (Lipinski definition) is 3. The Bertz CT molecular complexity index is 1450. The van der Waals surface area contributed by atoms with E-state index in [9.17, 15) is 17.2 Å². The Labute approximate surface area is 213 Å². The summed E-state index contributed by atoms with van der Waals surface area (Å²) in [5.41, 5.74) is 0.196. The van der Waals surface area contributed by atoms with Gasteiger partial charge in [0, 0.05) is 29.4 Å². The van der Waals surface area contributed by atoms with Gasteiger partial charge >= 0.3 is 0 Å². The Kier molecular flexibility index (Phi) is 7.06. The van der Waals surface area contributed by atoms with Gasteiger partial charge in [0.1, 0.15) is 17.1 Å². The van der Waals surface area contributed by atoms with Crippen molar-refractivity contribution in [2.75, 3.05) is 16.8 Å². The Morgan fingerprint density at radius 3 is 2.51 bits per heavy atom. The summed E-state index contributed by atoms with van der Waals surface area (Å²) in [6, 6.07) is 6.72. The molecule has 0 bridgehead atoms. The third-order valence-electron chi connectivity index (χ3n) is 5.68. The summed E-state index contributed by atoms with van der Waals surface area (Å²) in [6.07, 6.45) is 0.933. The number of fused-ring (bicyclic) bond motifs is 1. The monoisotopic (exact) mass is 536 g/mol. The maximum atomic E-state index is 15.2. The van der Waals surface area contributed by atoms with E-state index in [1.807, 2.05) is 37.3 Å². The molecule has 0 unspecified atom stereocenters. The lowest BCUT2D eigenvalue weighted by Crippen LogP contribution is -2.49. The minimum atomic E-state index is -3.98. The van der Waals surface area contributed by atoms with Crippen LogP contribution in [0, 0.1) is 17.5 Å². The molecule has 0 atom stereocenters. The highest BCUT2D eigenvalue weighted by atomic mass is 32.2. The van der Waals surface area contributed by atoms with Crippen molar-refractivity contribution in [3.05, 3.63) is 59.5 Å². The van der Waals surface area contributed by atoms with Gasteiger partial charge < -0.3 is 15.0 Å². The number of anilines is 3. The minimum Gasteiger partial charge on any atom is -0.481 e. The molecule has 1 aromatic heterocycles. The molecule has 13 heteroatoms. The van der Waals surface area contributed by atoms with E-state index in [0.29, 0.717) is 12.2 Å². The van der Waals surface area contributed by atoms with Crippen molar-refractivity contribution in [2.24, 2.45) is 5.14 Å². The van der Waals surface area contributed by atoms with Crippen LogP contribution in [0.2, 0.25) is 0 Å². The highest BCUT2D eigenvalue weighted by molar-refractivity contribution is 7.87. The van der Waals surface area contributed by atoms with Gasteiger partial charge in [-0.3, -0.25) is 0 Å². The second-order valence-corrected chi connectivity index (χ2v) is 11.0. The van der Waals surface area contributed by atoms with E-state index in [4.69, 9.17) is 9.88 Å². The van der Waals surface area contributed by atoms with Gasteiger partial charge in [0.2, 0.25) is 5.95 Å². The van der Waals surface area contributed by atoms with E-state index in [0.717, 1.165) is 18.3 Å². The molecule has 9 nitrogen and oxygen atoms in total. The topological polar surface area (TPSA) is 122 Å². The summed E-state index contributed by atoms with van der Waals surface area (Å²) >= 11 is 0. The molecule has 1 aliphatic heterocycles. The van der Waals surface area contributed by atoms with Crippen LogP contribution in [-0.2, 0) is 16.8 Å². The van der Waals surface area contributed by atoms with E-state index < -0.39 is 33.3 Å². The molecule has 4 N–H and O–H groups in total. The smallest absolute Gasteiger partial charge is 0.274 e.